The average Bonchev–Trinajstić information content (AvgIpc) is 3.31. The van der Waals surface area contributed by atoms with Crippen molar-refractivity contribution in [2.24, 2.45) is 4.99 Å². The van der Waals surface area contributed by atoms with E-state index in [0.717, 1.165) is 44.2 Å². The number of nitrogens with zero attached hydrogens (tertiary/aromatic N) is 3. The highest BCUT2D eigenvalue weighted by molar-refractivity contribution is 5.79. The quantitative estimate of drug-likeness (QED) is 0.630. The minimum absolute atomic E-state index is 0.308. The first kappa shape index (κ1) is 16.5. The minimum atomic E-state index is 0.308. The lowest BCUT2D eigenvalue weighted by molar-refractivity contribution is 0.114. The summed E-state index contributed by atoms with van der Waals surface area (Å²) in [7, 11) is 0. The van der Waals surface area contributed by atoms with Gasteiger partial charge in [0.15, 0.2) is 5.96 Å². The van der Waals surface area contributed by atoms with Crippen LogP contribution in [0.3, 0.4) is 0 Å². The molecule has 2 N–H and O–H groups in total. The molecule has 128 valence electrons. The van der Waals surface area contributed by atoms with Gasteiger partial charge in [-0.1, -0.05) is 12.1 Å². The van der Waals surface area contributed by atoms with Crippen molar-refractivity contribution in [2.75, 3.05) is 19.7 Å². The Morgan fingerprint density at radius 3 is 2.88 bits per heavy atom. The molecule has 0 bridgehead atoms. The standard InChI is InChI=1S/C18H25N5O/c1-2-19-18(21-14-17-5-3-12-24-17)20-13-15-6-8-16(9-7-15)23-11-4-10-22-23/h4,6-11,17H,2-3,5,12-14H2,1H3,(H2,19,20,21). The lowest BCUT2D eigenvalue weighted by Gasteiger charge is -2.14. The van der Waals surface area contributed by atoms with Crippen molar-refractivity contribution in [3.8, 4) is 5.69 Å². The van der Waals surface area contributed by atoms with E-state index in [0.29, 0.717) is 12.6 Å². The third-order valence-corrected chi connectivity index (χ3v) is 3.99. The molecule has 6 heteroatoms. The number of benzene rings is 1. The van der Waals surface area contributed by atoms with E-state index in [-0.39, 0.29) is 0 Å². The average molecular weight is 327 g/mol. The predicted octanol–water partition coefficient (Wildman–Crippen LogP) is 2.11. The molecule has 2 heterocycles. The van der Waals surface area contributed by atoms with Gasteiger partial charge < -0.3 is 15.4 Å². The number of hydrogen-bond acceptors (Lipinski definition) is 3. The number of hydrogen-bond donors (Lipinski definition) is 2. The summed E-state index contributed by atoms with van der Waals surface area (Å²) in [6.07, 6.45) is 6.30. The topological polar surface area (TPSA) is 63.5 Å². The van der Waals surface area contributed by atoms with Crippen molar-refractivity contribution >= 4 is 5.96 Å². The highest BCUT2D eigenvalue weighted by atomic mass is 16.5. The van der Waals surface area contributed by atoms with Gasteiger partial charge in [-0.3, -0.25) is 0 Å². The minimum Gasteiger partial charge on any atom is -0.376 e. The third kappa shape index (κ3) is 4.58. The number of guanidine groups is 1. The first-order chi connectivity index (χ1) is 11.8. The maximum Gasteiger partial charge on any atom is 0.191 e. The van der Waals surface area contributed by atoms with Crippen LogP contribution in [-0.2, 0) is 11.3 Å². The van der Waals surface area contributed by atoms with Gasteiger partial charge in [-0.05, 0) is 43.5 Å². The number of aromatic nitrogens is 2. The first-order valence-electron chi connectivity index (χ1n) is 8.58. The van der Waals surface area contributed by atoms with Crippen LogP contribution in [0.4, 0.5) is 0 Å². The molecule has 1 fully saturated rings. The van der Waals surface area contributed by atoms with Crippen LogP contribution >= 0.6 is 0 Å². The van der Waals surface area contributed by atoms with Crippen LogP contribution in [0.5, 0.6) is 0 Å². The monoisotopic (exact) mass is 327 g/mol. The Kier molecular flexibility index (Phi) is 5.85. The molecule has 2 aromatic rings. The molecule has 0 radical (unpaired) electrons. The summed E-state index contributed by atoms with van der Waals surface area (Å²) in [6, 6.07) is 10.2. The SMILES string of the molecule is CCNC(=NCc1ccc(-n2cccn2)cc1)NCC1CCCO1. The number of rotatable bonds is 6. The number of ether oxygens (including phenoxy) is 1. The van der Waals surface area contributed by atoms with Gasteiger partial charge in [-0.15, -0.1) is 0 Å². The Labute approximate surface area is 142 Å². The van der Waals surface area contributed by atoms with E-state index in [1.165, 1.54) is 5.56 Å². The lowest BCUT2D eigenvalue weighted by atomic mass is 10.2. The molecule has 1 saturated heterocycles. The van der Waals surface area contributed by atoms with Crippen molar-refractivity contribution < 1.29 is 4.74 Å². The molecule has 0 amide bonds. The summed E-state index contributed by atoms with van der Waals surface area (Å²) in [4.78, 5) is 4.65. The Balaban J connectivity index is 1.56. The number of nitrogens with one attached hydrogen (secondary N) is 2. The summed E-state index contributed by atoms with van der Waals surface area (Å²) < 4.78 is 7.49. The Morgan fingerprint density at radius 2 is 2.21 bits per heavy atom. The second-order valence-corrected chi connectivity index (χ2v) is 5.83. The molecule has 0 spiro atoms. The van der Waals surface area contributed by atoms with Crippen LogP contribution in [0.2, 0.25) is 0 Å². The van der Waals surface area contributed by atoms with E-state index >= 15 is 0 Å². The molecule has 1 unspecified atom stereocenters. The van der Waals surface area contributed by atoms with Gasteiger partial charge >= 0.3 is 0 Å². The number of aliphatic imine (C=N–C) groups is 1. The molecule has 1 aliphatic heterocycles. The van der Waals surface area contributed by atoms with Gasteiger partial charge in [0.05, 0.1) is 18.3 Å². The third-order valence-electron chi connectivity index (χ3n) is 3.99. The Morgan fingerprint density at radius 1 is 1.33 bits per heavy atom. The second kappa shape index (κ2) is 8.49. The van der Waals surface area contributed by atoms with Crippen molar-refractivity contribution in [1.29, 1.82) is 0 Å². The second-order valence-electron chi connectivity index (χ2n) is 5.83. The van der Waals surface area contributed by atoms with Crippen LogP contribution in [-0.4, -0.2) is 41.5 Å². The van der Waals surface area contributed by atoms with Crippen LogP contribution in [0.15, 0.2) is 47.7 Å². The van der Waals surface area contributed by atoms with Crippen LogP contribution in [0.25, 0.3) is 5.69 Å². The van der Waals surface area contributed by atoms with Gasteiger partial charge in [0, 0.05) is 32.1 Å². The molecule has 0 aliphatic carbocycles. The van der Waals surface area contributed by atoms with Gasteiger partial charge in [0.25, 0.3) is 0 Å². The largest absolute Gasteiger partial charge is 0.376 e. The van der Waals surface area contributed by atoms with Crippen molar-refractivity contribution in [3.05, 3.63) is 48.3 Å². The molecule has 6 nitrogen and oxygen atoms in total. The summed E-state index contributed by atoms with van der Waals surface area (Å²) in [5.41, 5.74) is 2.22. The first-order valence-corrected chi connectivity index (χ1v) is 8.58. The fourth-order valence-electron chi connectivity index (χ4n) is 2.70. The maximum atomic E-state index is 5.64. The highest BCUT2D eigenvalue weighted by Gasteiger charge is 2.15. The van der Waals surface area contributed by atoms with Crippen LogP contribution in [0.1, 0.15) is 25.3 Å². The normalized spacial score (nSPS) is 17.9. The molecule has 1 atom stereocenters. The van der Waals surface area contributed by atoms with E-state index in [1.807, 2.05) is 16.9 Å². The highest BCUT2D eigenvalue weighted by Crippen LogP contribution is 2.11. The molecular formula is C18H25N5O. The molecule has 0 saturated carbocycles. The van der Waals surface area contributed by atoms with E-state index in [2.05, 4.69) is 51.9 Å². The molecule has 3 rings (SSSR count). The van der Waals surface area contributed by atoms with Crippen LogP contribution in [0, 0.1) is 0 Å². The zero-order valence-corrected chi connectivity index (χ0v) is 14.1. The van der Waals surface area contributed by atoms with Gasteiger partial charge in [0.1, 0.15) is 0 Å². The fourth-order valence-corrected chi connectivity index (χ4v) is 2.70. The summed E-state index contributed by atoms with van der Waals surface area (Å²) in [5, 5.41) is 10.9. The summed E-state index contributed by atoms with van der Waals surface area (Å²) in [5.74, 6) is 0.837. The molecule has 1 aliphatic rings. The van der Waals surface area contributed by atoms with Crippen molar-refractivity contribution in [3.63, 3.8) is 0 Å². The Bertz CT molecular complexity index is 630. The van der Waals surface area contributed by atoms with Crippen molar-refractivity contribution in [2.45, 2.75) is 32.4 Å². The zero-order chi connectivity index (χ0) is 16.6. The molecule has 1 aromatic heterocycles. The smallest absolute Gasteiger partial charge is 0.191 e. The zero-order valence-electron chi connectivity index (χ0n) is 14.1. The molecule has 1 aromatic carbocycles. The maximum absolute atomic E-state index is 5.64. The fraction of sp³-hybridized carbons (Fsp3) is 0.444. The van der Waals surface area contributed by atoms with E-state index in [9.17, 15) is 0 Å². The van der Waals surface area contributed by atoms with Gasteiger partial charge in [0.2, 0.25) is 0 Å². The van der Waals surface area contributed by atoms with Gasteiger partial charge in [-0.25, -0.2) is 9.67 Å². The summed E-state index contributed by atoms with van der Waals surface area (Å²) in [6.45, 7) is 5.24. The molecule has 24 heavy (non-hydrogen) atoms. The Hall–Kier alpha value is -2.34. The predicted molar refractivity (Wildman–Crippen MR) is 95.4 cm³/mol. The summed E-state index contributed by atoms with van der Waals surface area (Å²) >= 11 is 0. The molecular weight excluding hydrogens is 302 g/mol. The lowest BCUT2D eigenvalue weighted by Crippen LogP contribution is -2.41. The van der Waals surface area contributed by atoms with E-state index in [1.54, 1.807) is 6.20 Å². The van der Waals surface area contributed by atoms with Crippen molar-refractivity contribution in [1.82, 2.24) is 20.4 Å². The van der Waals surface area contributed by atoms with E-state index < -0.39 is 0 Å². The van der Waals surface area contributed by atoms with Gasteiger partial charge in [-0.2, -0.15) is 5.10 Å². The van der Waals surface area contributed by atoms with E-state index in [4.69, 9.17) is 4.74 Å². The van der Waals surface area contributed by atoms with Crippen LogP contribution < -0.4 is 10.6 Å².